The fraction of sp³-hybridized carbons (Fsp3) is 0.0526. The van der Waals surface area contributed by atoms with Crippen molar-refractivity contribution in [3.05, 3.63) is 78.2 Å². The van der Waals surface area contributed by atoms with E-state index >= 15 is 0 Å². The Morgan fingerprint density at radius 2 is 1.61 bits per heavy atom. The second-order valence-corrected chi connectivity index (χ2v) is 5.47. The number of aromatic amines is 1. The highest BCUT2D eigenvalue weighted by molar-refractivity contribution is 5.92. The second-order valence-electron chi connectivity index (χ2n) is 5.47. The molecule has 0 aliphatic rings. The second kappa shape index (κ2) is 5.25. The van der Waals surface area contributed by atoms with E-state index in [-0.39, 0.29) is 0 Å². The van der Waals surface area contributed by atoms with Crippen LogP contribution in [-0.2, 0) is 0 Å². The van der Waals surface area contributed by atoms with E-state index in [1.165, 1.54) is 0 Å². The van der Waals surface area contributed by atoms with Crippen LogP contribution in [0.1, 0.15) is 5.82 Å². The molecule has 0 saturated carbocycles. The van der Waals surface area contributed by atoms with Gasteiger partial charge in [-0.1, -0.05) is 48.5 Å². The van der Waals surface area contributed by atoms with Crippen LogP contribution in [0.2, 0.25) is 0 Å². The molecule has 0 unspecified atom stereocenters. The van der Waals surface area contributed by atoms with E-state index in [4.69, 9.17) is 5.41 Å². The summed E-state index contributed by atoms with van der Waals surface area (Å²) in [5, 5.41) is 9.57. The molecular weight excluding hydrogens is 284 g/mol. The van der Waals surface area contributed by atoms with Crippen LogP contribution in [0.15, 0.2) is 66.9 Å². The largest absolute Gasteiger partial charge is 0.345 e. The maximum Gasteiger partial charge on any atom is 0.143 e. The van der Waals surface area contributed by atoms with E-state index in [0.29, 0.717) is 5.49 Å². The van der Waals surface area contributed by atoms with Crippen LogP contribution in [-0.4, -0.2) is 14.5 Å². The predicted octanol–water partition coefficient (Wildman–Crippen LogP) is 3.81. The highest BCUT2D eigenvalue weighted by Gasteiger charge is 2.13. The van der Waals surface area contributed by atoms with E-state index in [0.717, 1.165) is 33.7 Å². The minimum Gasteiger partial charge on any atom is -0.345 e. The zero-order valence-electron chi connectivity index (χ0n) is 12.7. The Bertz CT molecular complexity index is 1030. The van der Waals surface area contributed by atoms with Gasteiger partial charge in [-0.3, -0.25) is 9.98 Å². The number of hydrogen-bond donors (Lipinski definition) is 2. The molecule has 2 aromatic carbocycles. The van der Waals surface area contributed by atoms with Crippen LogP contribution in [0.4, 0.5) is 0 Å². The summed E-state index contributed by atoms with van der Waals surface area (Å²) < 4.78 is 1.88. The van der Waals surface area contributed by atoms with Gasteiger partial charge >= 0.3 is 0 Å². The maximum atomic E-state index is 8.73. The molecule has 0 aliphatic carbocycles. The molecular formula is C19H16N4. The lowest BCUT2D eigenvalue weighted by atomic mass is 10.1. The Balaban J connectivity index is 2.06. The number of benzene rings is 2. The molecule has 4 nitrogen and oxygen atoms in total. The third-order valence-electron chi connectivity index (χ3n) is 4.02. The molecule has 0 bridgehead atoms. The molecule has 0 amide bonds. The van der Waals surface area contributed by atoms with Crippen molar-refractivity contribution in [2.75, 3.05) is 0 Å². The molecule has 0 saturated heterocycles. The van der Waals surface area contributed by atoms with Gasteiger partial charge in [0.15, 0.2) is 0 Å². The standard InChI is InChI=1S/C19H16N4/c1-13-22-19-17(16(12-21-19)14-8-4-2-5-9-14)18(20)23(13)15-10-6-3-7-11-15/h2-12,20-21H,1H3. The minimum absolute atomic E-state index is 0.443. The molecule has 0 atom stereocenters. The topological polar surface area (TPSA) is 57.5 Å². The van der Waals surface area contributed by atoms with E-state index in [1.807, 2.05) is 66.2 Å². The number of H-pyrrole nitrogens is 1. The van der Waals surface area contributed by atoms with Crippen molar-refractivity contribution in [1.82, 2.24) is 14.5 Å². The van der Waals surface area contributed by atoms with Crippen molar-refractivity contribution < 1.29 is 0 Å². The number of aromatic nitrogens is 3. The molecule has 2 aromatic heterocycles. The van der Waals surface area contributed by atoms with Gasteiger partial charge in [-0.15, -0.1) is 0 Å². The molecule has 0 aliphatic heterocycles. The Hall–Kier alpha value is -3.14. The quantitative estimate of drug-likeness (QED) is 0.581. The van der Waals surface area contributed by atoms with Crippen molar-refractivity contribution in [2.45, 2.75) is 6.92 Å². The van der Waals surface area contributed by atoms with Crippen LogP contribution in [0.3, 0.4) is 0 Å². The van der Waals surface area contributed by atoms with Gasteiger partial charge in [-0.2, -0.15) is 0 Å². The minimum atomic E-state index is 0.443. The summed E-state index contributed by atoms with van der Waals surface area (Å²) in [7, 11) is 0. The molecule has 112 valence electrons. The van der Waals surface area contributed by atoms with Crippen molar-refractivity contribution in [1.29, 1.82) is 5.41 Å². The summed E-state index contributed by atoms with van der Waals surface area (Å²) in [6, 6.07) is 20.0. The number of aryl methyl sites for hydroxylation is 1. The van der Waals surface area contributed by atoms with Gasteiger partial charge in [0, 0.05) is 17.4 Å². The third kappa shape index (κ3) is 2.16. The average Bonchev–Trinajstić information content (AvgIpc) is 3.00. The molecule has 4 heteroatoms. The van der Waals surface area contributed by atoms with Gasteiger partial charge in [0.2, 0.25) is 0 Å². The van der Waals surface area contributed by atoms with Gasteiger partial charge in [0.1, 0.15) is 17.0 Å². The van der Waals surface area contributed by atoms with Crippen LogP contribution < -0.4 is 5.49 Å². The number of rotatable bonds is 2. The monoisotopic (exact) mass is 300 g/mol. The molecule has 0 radical (unpaired) electrons. The molecule has 2 heterocycles. The number of hydrogen-bond acceptors (Lipinski definition) is 2. The van der Waals surface area contributed by atoms with Gasteiger partial charge in [-0.05, 0) is 24.6 Å². The first kappa shape index (κ1) is 13.5. The zero-order valence-corrected chi connectivity index (χ0v) is 12.7. The molecule has 0 fully saturated rings. The van der Waals surface area contributed by atoms with Crippen LogP contribution >= 0.6 is 0 Å². The molecule has 23 heavy (non-hydrogen) atoms. The first-order valence-corrected chi connectivity index (χ1v) is 7.52. The molecule has 0 spiro atoms. The lowest BCUT2D eigenvalue weighted by Crippen LogP contribution is -2.22. The Morgan fingerprint density at radius 1 is 0.957 bits per heavy atom. The van der Waals surface area contributed by atoms with Gasteiger partial charge < -0.3 is 4.98 Å². The predicted molar refractivity (Wildman–Crippen MR) is 91.4 cm³/mol. The fourth-order valence-electron chi connectivity index (χ4n) is 2.96. The first-order valence-electron chi connectivity index (χ1n) is 7.52. The smallest absolute Gasteiger partial charge is 0.143 e. The van der Waals surface area contributed by atoms with E-state index in [9.17, 15) is 0 Å². The van der Waals surface area contributed by atoms with E-state index in [1.54, 1.807) is 0 Å². The number of nitrogens with zero attached hydrogens (tertiary/aromatic N) is 2. The molecule has 2 N–H and O–H groups in total. The molecule has 4 aromatic rings. The number of nitrogens with one attached hydrogen (secondary N) is 2. The Labute approximate surface area is 133 Å². The Morgan fingerprint density at radius 3 is 2.30 bits per heavy atom. The fourth-order valence-corrected chi connectivity index (χ4v) is 2.96. The number of fused-ring (bicyclic) bond motifs is 1. The summed E-state index contributed by atoms with van der Waals surface area (Å²) >= 11 is 0. The maximum absolute atomic E-state index is 8.73. The summed E-state index contributed by atoms with van der Waals surface area (Å²) in [6.45, 7) is 1.92. The summed E-state index contributed by atoms with van der Waals surface area (Å²) in [5.41, 5.74) is 4.22. The van der Waals surface area contributed by atoms with Gasteiger partial charge in [0.05, 0.1) is 5.39 Å². The van der Waals surface area contributed by atoms with Crippen LogP contribution in [0, 0.1) is 12.3 Å². The SMILES string of the molecule is Cc1nc2[nH]cc(-c3ccccc3)c2c(=N)n1-c1ccccc1. The van der Waals surface area contributed by atoms with Gasteiger partial charge in [-0.25, -0.2) is 4.98 Å². The van der Waals surface area contributed by atoms with Crippen LogP contribution in [0.25, 0.3) is 27.8 Å². The lowest BCUT2D eigenvalue weighted by molar-refractivity contribution is 0.855. The first-order chi connectivity index (χ1) is 11.3. The summed E-state index contributed by atoms with van der Waals surface area (Å²) in [6.07, 6.45) is 1.93. The lowest BCUT2D eigenvalue weighted by Gasteiger charge is -2.11. The summed E-state index contributed by atoms with van der Waals surface area (Å²) in [5.74, 6) is 0.787. The zero-order chi connectivity index (χ0) is 15.8. The number of para-hydroxylation sites is 1. The van der Waals surface area contributed by atoms with Gasteiger partial charge in [0.25, 0.3) is 0 Å². The van der Waals surface area contributed by atoms with E-state index < -0.39 is 0 Å². The summed E-state index contributed by atoms with van der Waals surface area (Å²) in [4.78, 5) is 7.85. The highest BCUT2D eigenvalue weighted by atomic mass is 15.1. The van der Waals surface area contributed by atoms with Crippen molar-refractivity contribution >= 4 is 11.0 Å². The average molecular weight is 300 g/mol. The van der Waals surface area contributed by atoms with Crippen molar-refractivity contribution in [3.63, 3.8) is 0 Å². The molecule has 4 rings (SSSR count). The van der Waals surface area contributed by atoms with Crippen molar-refractivity contribution in [3.8, 4) is 16.8 Å². The van der Waals surface area contributed by atoms with Crippen molar-refractivity contribution in [2.24, 2.45) is 0 Å². The van der Waals surface area contributed by atoms with Crippen LogP contribution in [0.5, 0.6) is 0 Å². The highest BCUT2D eigenvalue weighted by Crippen LogP contribution is 2.25. The van der Waals surface area contributed by atoms with E-state index in [2.05, 4.69) is 22.1 Å². The Kier molecular flexibility index (Phi) is 3.08. The normalized spacial score (nSPS) is 11.0. The third-order valence-corrected chi connectivity index (χ3v) is 4.02.